The molecule has 0 saturated heterocycles. The number of anilines is 2. The summed E-state index contributed by atoms with van der Waals surface area (Å²) >= 11 is 0. The molecule has 0 aliphatic heterocycles. The number of rotatable bonds is 9. The number of carbonyl (C=O) groups excluding carboxylic acids is 1. The van der Waals surface area contributed by atoms with Crippen LogP contribution in [0.2, 0.25) is 0 Å². The fourth-order valence-corrected chi connectivity index (χ4v) is 2.21. The highest BCUT2D eigenvalue weighted by atomic mass is 16.5. The molecule has 2 aromatic carbocycles. The van der Waals surface area contributed by atoms with Crippen LogP contribution in [0.3, 0.4) is 0 Å². The third-order valence-electron chi connectivity index (χ3n) is 3.40. The summed E-state index contributed by atoms with van der Waals surface area (Å²) in [7, 11) is 0. The predicted octanol–water partition coefficient (Wildman–Crippen LogP) is 4.56. The summed E-state index contributed by atoms with van der Waals surface area (Å²) in [6.07, 6.45) is 0.127. The molecular formula is C21H28N2O3. The van der Waals surface area contributed by atoms with Crippen LogP contribution >= 0.6 is 0 Å². The number of nitrogens with one attached hydrogen (secondary N) is 2. The summed E-state index contributed by atoms with van der Waals surface area (Å²) in [4.78, 5) is 12.1. The molecule has 2 aromatic rings. The minimum absolute atomic E-state index is 0.109. The van der Waals surface area contributed by atoms with E-state index in [9.17, 15) is 4.79 Å². The smallest absolute Gasteiger partial charge is 0.243 e. The largest absolute Gasteiger partial charge is 0.493 e. The van der Waals surface area contributed by atoms with Crippen molar-refractivity contribution in [2.24, 2.45) is 5.92 Å². The van der Waals surface area contributed by atoms with Crippen molar-refractivity contribution in [2.45, 2.75) is 33.8 Å². The quantitative estimate of drug-likeness (QED) is 0.691. The first-order valence-corrected chi connectivity index (χ1v) is 8.95. The lowest BCUT2D eigenvalue weighted by Crippen LogP contribution is -2.21. The van der Waals surface area contributed by atoms with Gasteiger partial charge >= 0.3 is 0 Å². The zero-order valence-corrected chi connectivity index (χ0v) is 15.9. The van der Waals surface area contributed by atoms with Crippen molar-refractivity contribution in [1.29, 1.82) is 0 Å². The molecule has 0 radical (unpaired) electrons. The molecule has 1 amide bonds. The topological polar surface area (TPSA) is 59.6 Å². The molecule has 0 heterocycles. The Morgan fingerprint density at radius 3 is 2.04 bits per heavy atom. The van der Waals surface area contributed by atoms with Gasteiger partial charge in [0.05, 0.1) is 19.3 Å². The zero-order chi connectivity index (χ0) is 18.9. The minimum Gasteiger partial charge on any atom is -0.493 e. The highest BCUT2D eigenvalue weighted by Gasteiger charge is 2.04. The van der Waals surface area contributed by atoms with Crippen molar-refractivity contribution in [3.63, 3.8) is 0 Å². The van der Waals surface area contributed by atoms with Gasteiger partial charge in [-0.15, -0.1) is 0 Å². The Morgan fingerprint density at radius 1 is 0.885 bits per heavy atom. The molecule has 0 unspecified atom stereocenters. The van der Waals surface area contributed by atoms with E-state index >= 15 is 0 Å². The van der Waals surface area contributed by atoms with E-state index in [1.807, 2.05) is 62.4 Å². The fourth-order valence-electron chi connectivity index (χ4n) is 2.21. The second-order valence-corrected chi connectivity index (χ2v) is 6.82. The number of benzene rings is 2. The second-order valence-electron chi connectivity index (χ2n) is 6.82. The van der Waals surface area contributed by atoms with Gasteiger partial charge in [0.1, 0.15) is 11.5 Å². The van der Waals surface area contributed by atoms with Crippen molar-refractivity contribution in [3.8, 4) is 11.5 Å². The van der Waals surface area contributed by atoms with Gasteiger partial charge in [0.25, 0.3) is 0 Å². The van der Waals surface area contributed by atoms with Gasteiger partial charge in [-0.1, -0.05) is 13.8 Å². The number of ether oxygens (including phenoxy) is 2. The SMILES string of the molecule is CC(C)COc1ccc(NCC(=O)Nc2ccc(OC(C)C)cc2)cc1. The average molecular weight is 356 g/mol. The van der Waals surface area contributed by atoms with E-state index in [1.54, 1.807) is 0 Å². The fraction of sp³-hybridized carbons (Fsp3) is 0.381. The van der Waals surface area contributed by atoms with Gasteiger partial charge < -0.3 is 20.1 Å². The monoisotopic (exact) mass is 356 g/mol. The lowest BCUT2D eigenvalue weighted by molar-refractivity contribution is -0.114. The molecule has 5 nitrogen and oxygen atoms in total. The van der Waals surface area contributed by atoms with Gasteiger partial charge in [-0.05, 0) is 68.3 Å². The van der Waals surface area contributed by atoms with E-state index in [1.165, 1.54) is 0 Å². The Hall–Kier alpha value is -2.69. The van der Waals surface area contributed by atoms with Gasteiger partial charge in [0.15, 0.2) is 0 Å². The Bertz CT molecular complexity index is 679. The van der Waals surface area contributed by atoms with Gasteiger partial charge in [-0.2, -0.15) is 0 Å². The Kier molecular flexibility index (Phi) is 7.33. The van der Waals surface area contributed by atoms with Crippen molar-refractivity contribution in [3.05, 3.63) is 48.5 Å². The molecule has 0 atom stereocenters. The van der Waals surface area contributed by atoms with Crippen LogP contribution in [0.4, 0.5) is 11.4 Å². The van der Waals surface area contributed by atoms with Crippen LogP contribution in [0.15, 0.2) is 48.5 Å². The maximum absolute atomic E-state index is 12.1. The molecule has 0 aliphatic rings. The molecule has 0 bridgehead atoms. The predicted molar refractivity (Wildman–Crippen MR) is 106 cm³/mol. The number of carbonyl (C=O) groups is 1. The van der Waals surface area contributed by atoms with Crippen LogP contribution in [0.25, 0.3) is 0 Å². The molecule has 140 valence electrons. The van der Waals surface area contributed by atoms with Crippen LogP contribution in [0.1, 0.15) is 27.7 Å². The third-order valence-corrected chi connectivity index (χ3v) is 3.40. The molecule has 0 spiro atoms. The van der Waals surface area contributed by atoms with Gasteiger partial charge in [-0.25, -0.2) is 0 Å². The summed E-state index contributed by atoms with van der Waals surface area (Å²) < 4.78 is 11.2. The molecule has 0 aromatic heterocycles. The van der Waals surface area contributed by atoms with Crippen LogP contribution < -0.4 is 20.1 Å². The Labute approximate surface area is 155 Å². The van der Waals surface area contributed by atoms with Gasteiger partial charge in [-0.3, -0.25) is 4.79 Å². The minimum atomic E-state index is -0.109. The van der Waals surface area contributed by atoms with Gasteiger partial charge in [0, 0.05) is 11.4 Å². The first kappa shape index (κ1) is 19.6. The first-order chi connectivity index (χ1) is 12.4. The Morgan fingerprint density at radius 2 is 1.46 bits per heavy atom. The third kappa shape index (κ3) is 7.05. The normalized spacial score (nSPS) is 10.7. The summed E-state index contributed by atoms with van der Waals surface area (Å²) in [6.45, 7) is 9.06. The first-order valence-electron chi connectivity index (χ1n) is 8.95. The zero-order valence-electron chi connectivity index (χ0n) is 15.9. The number of hydrogen-bond acceptors (Lipinski definition) is 4. The van der Waals surface area contributed by atoms with Crippen molar-refractivity contribution in [1.82, 2.24) is 0 Å². The van der Waals surface area contributed by atoms with E-state index in [-0.39, 0.29) is 18.6 Å². The lowest BCUT2D eigenvalue weighted by Gasteiger charge is -2.12. The lowest BCUT2D eigenvalue weighted by atomic mass is 10.2. The summed E-state index contributed by atoms with van der Waals surface area (Å²) in [5.74, 6) is 2.00. The van der Waals surface area contributed by atoms with E-state index in [0.29, 0.717) is 12.5 Å². The Balaban J connectivity index is 1.77. The van der Waals surface area contributed by atoms with Crippen LogP contribution in [-0.4, -0.2) is 25.2 Å². The maximum Gasteiger partial charge on any atom is 0.243 e. The molecule has 5 heteroatoms. The molecule has 0 aliphatic carbocycles. The van der Waals surface area contributed by atoms with Crippen molar-refractivity contribution >= 4 is 17.3 Å². The van der Waals surface area contributed by atoms with E-state index in [2.05, 4.69) is 24.5 Å². The summed E-state index contributed by atoms with van der Waals surface area (Å²) in [6, 6.07) is 15.0. The van der Waals surface area contributed by atoms with E-state index in [0.717, 1.165) is 22.9 Å². The van der Waals surface area contributed by atoms with Crippen molar-refractivity contribution < 1.29 is 14.3 Å². The van der Waals surface area contributed by atoms with Crippen LogP contribution in [-0.2, 0) is 4.79 Å². The van der Waals surface area contributed by atoms with Crippen molar-refractivity contribution in [2.75, 3.05) is 23.8 Å². The highest BCUT2D eigenvalue weighted by molar-refractivity contribution is 5.93. The average Bonchev–Trinajstić information content (AvgIpc) is 2.60. The van der Waals surface area contributed by atoms with E-state index in [4.69, 9.17) is 9.47 Å². The number of hydrogen-bond donors (Lipinski definition) is 2. The molecule has 0 saturated carbocycles. The summed E-state index contributed by atoms with van der Waals surface area (Å²) in [5.41, 5.74) is 1.61. The number of amides is 1. The van der Waals surface area contributed by atoms with Gasteiger partial charge in [0.2, 0.25) is 5.91 Å². The standard InChI is InChI=1S/C21H28N2O3/c1-15(2)14-25-19-9-5-17(6-10-19)22-13-21(24)23-18-7-11-20(12-8-18)26-16(3)4/h5-12,15-16,22H,13-14H2,1-4H3,(H,23,24). The molecular weight excluding hydrogens is 328 g/mol. The second kappa shape index (κ2) is 9.70. The summed E-state index contributed by atoms with van der Waals surface area (Å²) in [5, 5.41) is 5.96. The molecule has 0 fully saturated rings. The van der Waals surface area contributed by atoms with Crippen LogP contribution in [0, 0.1) is 5.92 Å². The molecule has 2 N–H and O–H groups in total. The molecule has 2 rings (SSSR count). The molecule has 26 heavy (non-hydrogen) atoms. The highest BCUT2D eigenvalue weighted by Crippen LogP contribution is 2.18. The van der Waals surface area contributed by atoms with E-state index < -0.39 is 0 Å². The maximum atomic E-state index is 12.1. The van der Waals surface area contributed by atoms with Crippen LogP contribution in [0.5, 0.6) is 11.5 Å².